The molecule has 1 aliphatic heterocycles. The van der Waals surface area contributed by atoms with Gasteiger partial charge in [-0.15, -0.1) is 0 Å². The van der Waals surface area contributed by atoms with E-state index in [9.17, 15) is 4.79 Å². The third-order valence-electron chi connectivity index (χ3n) is 2.99. The van der Waals surface area contributed by atoms with Gasteiger partial charge in [0.05, 0.1) is 0 Å². The van der Waals surface area contributed by atoms with Gasteiger partial charge in [0.25, 0.3) is 5.91 Å². The predicted molar refractivity (Wildman–Crippen MR) is 68.4 cm³/mol. The Morgan fingerprint density at radius 3 is 2.76 bits per heavy atom. The smallest absolute Gasteiger partial charge is 0.254 e. The maximum atomic E-state index is 12.2. The van der Waals surface area contributed by atoms with Crippen molar-refractivity contribution < 1.29 is 4.79 Å². The first-order valence-corrected chi connectivity index (χ1v) is 6.54. The molecular weight excluding hydrogens is 236 g/mol. The number of nitrogens with zero attached hydrogens (tertiary/aromatic N) is 2. The molecule has 1 amide bonds. The Hall–Kier alpha value is -1.09. The minimum atomic E-state index is 0.0872. The molecular formula is C13H17ClN2O. The lowest BCUT2D eigenvalue weighted by Crippen LogP contribution is -2.27. The van der Waals surface area contributed by atoms with Crippen molar-refractivity contribution in [3.63, 3.8) is 0 Å². The summed E-state index contributed by atoms with van der Waals surface area (Å²) >= 11 is 5.95. The van der Waals surface area contributed by atoms with Crippen LogP contribution in [-0.4, -0.2) is 28.9 Å². The zero-order valence-corrected chi connectivity index (χ0v) is 10.8. The van der Waals surface area contributed by atoms with Crippen LogP contribution in [0.2, 0.25) is 5.15 Å². The van der Waals surface area contributed by atoms with E-state index in [-0.39, 0.29) is 5.91 Å². The van der Waals surface area contributed by atoms with Crippen LogP contribution in [0, 0.1) is 0 Å². The summed E-state index contributed by atoms with van der Waals surface area (Å²) in [6.45, 7) is 3.81. The van der Waals surface area contributed by atoms with Crippen LogP contribution in [0.5, 0.6) is 0 Å². The van der Waals surface area contributed by atoms with E-state index >= 15 is 0 Å². The van der Waals surface area contributed by atoms with Gasteiger partial charge in [0.1, 0.15) is 5.15 Å². The number of amides is 1. The highest BCUT2D eigenvalue weighted by atomic mass is 35.5. The number of likely N-dealkylation sites (tertiary alicyclic amines) is 1. The highest BCUT2D eigenvalue weighted by Gasteiger charge is 2.20. The van der Waals surface area contributed by atoms with E-state index in [0.717, 1.165) is 44.5 Å². The van der Waals surface area contributed by atoms with Gasteiger partial charge in [-0.1, -0.05) is 24.9 Å². The summed E-state index contributed by atoms with van der Waals surface area (Å²) in [6, 6.07) is 3.54. The van der Waals surface area contributed by atoms with E-state index < -0.39 is 0 Å². The normalized spacial score (nSPS) is 15.3. The number of halogens is 1. The standard InChI is InChI=1S/C13H17ClN2O/c1-2-5-11-8-10(9-12(14)15-11)13(17)16-6-3-4-7-16/h8-9H,2-7H2,1H3. The van der Waals surface area contributed by atoms with Gasteiger partial charge < -0.3 is 4.90 Å². The largest absolute Gasteiger partial charge is 0.339 e. The zero-order valence-electron chi connectivity index (χ0n) is 10.1. The van der Waals surface area contributed by atoms with Crippen molar-refractivity contribution in [3.05, 3.63) is 28.5 Å². The molecule has 0 radical (unpaired) electrons. The second kappa shape index (κ2) is 5.50. The van der Waals surface area contributed by atoms with Gasteiger partial charge in [-0.05, 0) is 31.4 Å². The van der Waals surface area contributed by atoms with Crippen LogP contribution >= 0.6 is 11.6 Å². The molecule has 2 rings (SSSR count). The fourth-order valence-corrected chi connectivity index (χ4v) is 2.39. The quantitative estimate of drug-likeness (QED) is 0.775. The first-order chi connectivity index (χ1) is 8.20. The fourth-order valence-electron chi connectivity index (χ4n) is 2.16. The number of aryl methyl sites for hydroxylation is 1. The molecule has 4 heteroatoms. The Morgan fingerprint density at radius 2 is 2.12 bits per heavy atom. The fraction of sp³-hybridized carbons (Fsp3) is 0.538. The van der Waals surface area contributed by atoms with Gasteiger partial charge in [0.15, 0.2) is 0 Å². The molecule has 0 spiro atoms. The van der Waals surface area contributed by atoms with Crippen LogP contribution < -0.4 is 0 Å². The van der Waals surface area contributed by atoms with E-state index in [1.807, 2.05) is 11.0 Å². The van der Waals surface area contributed by atoms with Gasteiger partial charge in [0, 0.05) is 24.3 Å². The molecule has 92 valence electrons. The van der Waals surface area contributed by atoms with Crippen molar-refractivity contribution in [3.8, 4) is 0 Å². The van der Waals surface area contributed by atoms with Gasteiger partial charge >= 0.3 is 0 Å². The molecule has 17 heavy (non-hydrogen) atoms. The number of carbonyl (C=O) groups excluding carboxylic acids is 1. The van der Waals surface area contributed by atoms with Crippen molar-refractivity contribution in [2.24, 2.45) is 0 Å². The molecule has 2 heterocycles. The minimum absolute atomic E-state index is 0.0872. The van der Waals surface area contributed by atoms with Crippen LogP contribution in [0.3, 0.4) is 0 Å². The van der Waals surface area contributed by atoms with E-state index in [2.05, 4.69) is 11.9 Å². The number of hydrogen-bond acceptors (Lipinski definition) is 2. The van der Waals surface area contributed by atoms with Crippen molar-refractivity contribution >= 4 is 17.5 Å². The van der Waals surface area contributed by atoms with Crippen molar-refractivity contribution in [2.45, 2.75) is 32.6 Å². The Labute approximate surface area is 107 Å². The molecule has 1 fully saturated rings. The summed E-state index contributed by atoms with van der Waals surface area (Å²) in [7, 11) is 0. The summed E-state index contributed by atoms with van der Waals surface area (Å²) in [6.07, 6.45) is 4.07. The molecule has 0 bridgehead atoms. The lowest BCUT2D eigenvalue weighted by atomic mass is 10.1. The SMILES string of the molecule is CCCc1cc(C(=O)N2CCCC2)cc(Cl)n1. The van der Waals surface area contributed by atoms with Crippen molar-refractivity contribution in [2.75, 3.05) is 13.1 Å². The number of rotatable bonds is 3. The average Bonchev–Trinajstić information content (AvgIpc) is 2.81. The second-order valence-corrected chi connectivity index (χ2v) is 4.81. The molecule has 0 aliphatic carbocycles. The highest BCUT2D eigenvalue weighted by Crippen LogP contribution is 2.17. The van der Waals surface area contributed by atoms with Gasteiger partial charge in [-0.25, -0.2) is 4.98 Å². The number of aromatic nitrogens is 1. The van der Waals surface area contributed by atoms with Crippen LogP contribution in [0.15, 0.2) is 12.1 Å². The highest BCUT2D eigenvalue weighted by molar-refractivity contribution is 6.29. The number of hydrogen-bond donors (Lipinski definition) is 0. The minimum Gasteiger partial charge on any atom is -0.339 e. The van der Waals surface area contributed by atoms with E-state index in [1.165, 1.54) is 0 Å². The number of pyridine rings is 1. The van der Waals surface area contributed by atoms with E-state index in [1.54, 1.807) is 6.07 Å². The summed E-state index contributed by atoms with van der Waals surface area (Å²) < 4.78 is 0. The molecule has 1 aliphatic rings. The Bertz CT molecular complexity index is 414. The van der Waals surface area contributed by atoms with Crippen LogP contribution in [-0.2, 0) is 6.42 Å². The molecule has 0 unspecified atom stereocenters. The summed E-state index contributed by atoms with van der Waals surface area (Å²) in [5.74, 6) is 0.0872. The lowest BCUT2D eigenvalue weighted by Gasteiger charge is -2.15. The maximum Gasteiger partial charge on any atom is 0.254 e. The first kappa shape index (κ1) is 12.4. The van der Waals surface area contributed by atoms with E-state index in [4.69, 9.17) is 11.6 Å². The first-order valence-electron chi connectivity index (χ1n) is 6.16. The zero-order chi connectivity index (χ0) is 12.3. The molecule has 0 N–H and O–H groups in total. The monoisotopic (exact) mass is 252 g/mol. The number of carbonyl (C=O) groups is 1. The third-order valence-corrected chi connectivity index (χ3v) is 3.19. The van der Waals surface area contributed by atoms with Gasteiger partial charge in [-0.3, -0.25) is 4.79 Å². The lowest BCUT2D eigenvalue weighted by molar-refractivity contribution is 0.0792. The predicted octanol–water partition coefficient (Wildman–Crippen LogP) is 2.92. The molecule has 1 aromatic rings. The maximum absolute atomic E-state index is 12.2. The van der Waals surface area contributed by atoms with Gasteiger partial charge in [0.2, 0.25) is 0 Å². The molecule has 0 saturated carbocycles. The summed E-state index contributed by atoms with van der Waals surface area (Å²) in [4.78, 5) is 18.3. The molecule has 0 atom stereocenters. The average molecular weight is 253 g/mol. The Balaban J connectivity index is 2.21. The van der Waals surface area contributed by atoms with Crippen LogP contribution in [0.4, 0.5) is 0 Å². The molecule has 1 aromatic heterocycles. The molecule has 1 saturated heterocycles. The van der Waals surface area contributed by atoms with Crippen molar-refractivity contribution in [1.29, 1.82) is 0 Å². The second-order valence-electron chi connectivity index (χ2n) is 4.42. The Kier molecular flexibility index (Phi) is 4.00. The summed E-state index contributed by atoms with van der Waals surface area (Å²) in [5, 5.41) is 0.415. The van der Waals surface area contributed by atoms with Crippen molar-refractivity contribution in [1.82, 2.24) is 9.88 Å². The molecule has 3 nitrogen and oxygen atoms in total. The molecule has 0 aromatic carbocycles. The van der Waals surface area contributed by atoms with Crippen LogP contribution in [0.25, 0.3) is 0 Å². The van der Waals surface area contributed by atoms with Crippen LogP contribution in [0.1, 0.15) is 42.2 Å². The summed E-state index contributed by atoms with van der Waals surface area (Å²) in [5.41, 5.74) is 1.58. The van der Waals surface area contributed by atoms with E-state index in [0.29, 0.717) is 10.7 Å². The van der Waals surface area contributed by atoms with Gasteiger partial charge in [-0.2, -0.15) is 0 Å². The Morgan fingerprint density at radius 1 is 1.41 bits per heavy atom. The third kappa shape index (κ3) is 2.97. The topological polar surface area (TPSA) is 33.2 Å².